The summed E-state index contributed by atoms with van der Waals surface area (Å²) >= 11 is 0. The van der Waals surface area contributed by atoms with Crippen LogP contribution in [0.1, 0.15) is 37.9 Å². The van der Waals surface area contributed by atoms with Gasteiger partial charge in [0.15, 0.2) is 5.84 Å². The molecule has 19 heavy (non-hydrogen) atoms. The number of nitrogens with two attached hydrogens (primary N) is 1. The van der Waals surface area contributed by atoms with E-state index in [1.54, 1.807) is 0 Å². The molecule has 0 bridgehead atoms. The molecule has 1 aromatic rings. The molecule has 3 N–H and O–H groups in total. The minimum absolute atomic E-state index is 0.131. The lowest BCUT2D eigenvalue weighted by Gasteiger charge is -2.38. The van der Waals surface area contributed by atoms with E-state index in [4.69, 9.17) is 10.9 Å². The van der Waals surface area contributed by atoms with Crippen LogP contribution in [0.25, 0.3) is 0 Å². The molecule has 1 saturated heterocycles. The van der Waals surface area contributed by atoms with E-state index in [1.807, 2.05) is 18.7 Å². The van der Waals surface area contributed by atoms with Crippen molar-refractivity contribution in [1.29, 1.82) is 0 Å². The molecule has 2 rings (SSSR count). The maximum atomic E-state index is 8.97. The van der Waals surface area contributed by atoms with Gasteiger partial charge in [-0.15, -0.1) is 0 Å². The number of anilines is 1. The van der Waals surface area contributed by atoms with Crippen molar-refractivity contribution in [3.05, 3.63) is 11.3 Å². The van der Waals surface area contributed by atoms with Crippen molar-refractivity contribution < 1.29 is 5.21 Å². The Bertz CT molecular complexity index is 493. The number of piperidine rings is 1. The summed E-state index contributed by atoms with van der Waals surface area (Å²) in [7, 11) is 1.91. The zero-order valence-electron chi connectivity index (χ0n) is 12.1. The summed E-state index contributed by atoms with van der Waals surface area (Å²) in [6, 6.07) is 0.441. The van der Waals surface area contributed by atoms with E-state index in [2.05, 4.69) is 29.0 Å². The van der Waals surface area contributed by atoms with Crippen molar-refractivity contribution in [3.8, 4) is 0 Å². The molecule has 0 aromatic carbocycles. The molecular formula is C13H23N5O. The number of hydrogen-bond donors (Lipinski definition) is 2. The molecule has 1 fully saturated rings. The van der Waals surface area contributed by atoms with Gasteiger partial charge in [-0.25, -0.2) is 0 Å². The Kier molecular flexibility index (Phi) is 3.68. The number of hydrogen-bond acceptors (Lipinski definition) is 4. The van der Waals surface area contributed by atoms with Crippen LogP contribution in [0, 0.1) is 12.8 Å². The van der Waals surface area contributed by atoms with E-state index in [0.29, 0.717) is 12.0 Å². The molecule has 106 valence electrons. The van der Waals surface area contributed by atoms with Crippen molar-refractivity contribution in [3.63, 3.8) is 0 Å². The number of nitrogens with zero attached hydrogens (tertiary/aromatic N) is 4. The van der Waals surface area contributed by atoms with Gasteiger partial charge in [0.25, 0.3) is 0 Å². The van der Waals surface area contributed by atoms with Crippen LogP contribution in [0.3, 0.4) is 0 Å². The highest BCUT2D eigenvalue weighted by Gasteiger charge is 2.29. The smallest absolute Gasteiger partial charge is 0.175 e. The van der Waals surface area contributed by atoms with Crippen LogP contribution in [0.4, 0.5) is 5.82 Å². The van der Waals surface area contributed by atoms with Crippen LogP contribution < -0.4 is 10.6 Å². The Balaban J connectivity index is 2.49. The lowest BCUT2D eigenvalue weighted by molar-refractivity contribution is 0.318. The quantitative estimate of drug-likeness (QED) is 0.367. The summed E-state index contributed by atoms with van der Waals surface area (Å²) in [5, 5.41) is 16.5. The third kappa shape index (κ3) is 2.39. The molecule has 0 aliphatic carbocycles. The fraction of sp³-hybridized carbons (Fsp3) is 0.692. The molecule has 6 heteroatoms. The van der Waals surface area contributed by atoms with Gasteiger partial charge < -0.3 is 15.8 Å². The molecule has 1 aromatic heterocycles. The minimum atomic E-state index is 0.131. The van der Waals surface area contributed by atoms with Gasteiger partial charge in [0.1, 0.15) is 5.82 Å². The second-order valence-electron chi connectivity index (χ2n) is 5.58. The monoisotopic (exact) mass is 265 g/mol. The predicted molar refractivity (Wildman–Crippen MR) is 75.7 cm³/mol. The molecule has 0 spiro atoms. The Labute approximate surface area is 113 Å². The fourth-order valence-corrected chi connectivity index (χ4v) is 2.91. The van der Waals surface area contributed by atoms with E-state index in [0.717, 1.165) is 30.0 Å². The second-order valence-corrected chi connectivity index (χ2v) is 5.58. The second kappa shape index (κ2) is 5.11. The normalized spacial score (nSPS) is 24.8. The maximum absolute atomic E-state index is 8.97. The van der Waals surface area contributed by atoms with Crippen LogP contribution in [-0.4, -0.2) is 33.4 Å². The van der Waals surface area contributed by atoms with Gasteiger partial charge in [0.05, 0.1) is 11.3 Å². The first-order valence-corrected chi connectivity index (χ1v) is 6.73. The molecule has 1 aliphatic rings. The summed E-state index contributed by atoms with van der Waals surface area (Å²) in [4.78, 5) is 2.32. The first-order valence-electron chi connectivity index (χ1n) is 6.73. The first-order chi connectivity index (χ1) is 8.95. The van der Waals surface area contributed by atoms with Gasteiger partial charge in [-0.1, -0.05) is 12.1 Å². The summed E-state index contributed by atoms with van der Waals surface area (Å²) < 4.78 is 1.83. The van der Waals surface area contributed by atoms with E-state index in [1.165, 1.54) is 6.42 Å². The molecule has 2 atom stereocenters. The molecule has 0 amide bonds. The molecule has 0 radical (unpaired) electrons. The average molecular weight is 265 g/mol. The summed E-state index contributed by atoms with van der Waals surface area (Å²) in [5.41, 5.74) is 7.35. The SMILES string of the molecule is Cc1nn(C)c(N2CC(C)CCC2C)c1C(N)=NO. The van der Waals surface area contributed by atoms with Crippen molar-refractivity contribution in [1.82, 2.24) is 9.78 Å². The van der Waals surface area contributed by atoms with Gasteiger partial charge in [-0.3, -0.25) is 4.68 Å². The van der Waals surface area contributed by atoms with Crippen molar-refractivity contribution in [2.45, 2.75) is 39.7 Å². The van der Waals surface area contributed by atoms with Gasteiger partial charge in [-0.05, 0) is 32.6 Å². The van der Waals surface area contributed by atoms with Crippen molar-refractivity contribution in [2.24, 2.45) is 23.9 Å². The maximum Gasteiger partial charge on any atom is 0.175 e. The lowest BCUT2D eigenvalue weighted by atomic mass is 9.94. The number of amidine groups is 1. The number of aromatic nitrogens is 2. The molecule has 1 aliphatic heterocycles. The highest BCUT2D eigenvalue weighted by molar-refractivity contribution is 6.02. The van der Waals surface area contributed by atoms with Crippen LogP contribution in [0.15, 0.2) is 5.16 Å². The highest BCUT2D eigenvalue weighted by atomic mass is 16.4. The summed E-state index contributed by atoms with van der Waals surface area (Å²) in [6.07, 6.45) is 2.40. The zero-order chi connectivity index (χ0) is 14.2. The van der Waals surface area contributed by atoms with Gasteiger partial charge in [0, 0.05) is 19.6 Å². The minimum Gasteiger partial charge on any atom is -0.409 e. The largest absolute Gasteiger partial charge is 0.409 e. The standard InChI is InChI=1S/C13H23N5O/c1-8-5-6-9(2)18(7-8)13-11(12(14)16-19)10(3)15-17(13)4/h8-9,19H,5-7H2,1-4H3,(H2,14,16). The van der Waals surface area contributed by atoms with Gasteiger partial charge >= 0.3 is 0 Å². The third-order valence-corrected chi connectivity index (χ3v) is 3.95. The number of aryl methyl sites for hydroxylation is 2. The zero-order valence-corrected chi connectivity index (χ0v) is 12.1. The van der Waals surface area contributed by atoms with E-state index < -0.39 is 0 Å². The molecular weight excluding hydrogens is 242 g/mol. The highest BCUT2D eigenvalue weighted by Crippen LogP contribution is 2.31. The fourth-order valence-electron chi connectivity index (χ4n) is 2.91. The first kappa shape index (κ1) is 13.7. The Morgan fingerprint density at radius 2 is 2.11 bits per heavy atom. The van der Waals surface area contributed by atoms with Gasteiger partial charge in [0.2, 0.25) is 0 Å². The van der Waals surface area contributed by atoms with Crippen LogP contribution in [0.2, 0.25) is 0 Å². The molecule has 2 unspecified atom stereocenters. The van der Waals surface area contributed by atoms with Crippen molar-refractivity contribution in [2.75, 3.05) is 11.4 Å². The van der Waals surface area contributed by atoms with Crippen molar-refractivity contribution >= 4 is 11.7 Å². The van der Waals surface area contributed by atoms with E-state index >= 15 is 0 Å². The third-order valence-electron chi connectivity index (χ3n) is 3.95. The van der Waals surface area contributed by atoms with Crippen LogP contribution in [-0.2, 0) is 7.05 Å². The topological polar surface area (TPSA) is 79.7 Å². The Morgan fingerprint density at radius 3 is 2.74 bits per heavy atom. The van der Waals surface area contributed by atoms with E-state index in [-0.39, 0.29) is 5.84 Å². The van der Waals surface area contributed by atoms with E-state index in [9.17, 15) is 0 Å². The van der Waals surface area contributed by atoms with Gasteiger partial charge in [-0.2, -0.15) is 5.10 Å². The lowest BCUT2D eigenvalue weighted by Crippen LogP contribution is -2.43. The summed E-state index contributed by atoms with van der Waals surface area (Å²) in [6.45, 7) is 7.33. The molecule has 6 nitrogen and oxygen atoms in total. The average Bonchev–Trinajstić information content (AvgIpc) is 2.66. The van der Waals surface area contributed by atoms with Crippen LogP contribution in [0.5, 0.6) is 0 Å². The van der Waals surface area contributed by atoms with Crippen LogP contribution >= 0.6 is 0 Å². The molecule has 0 saturated carbocycles. The Hall–Kier alpha value is -1.72. The predicted octanol–water partition coefficient (Wildman–Crippen LogP) is 1.45. The number of rotatable bonds is 2. The molecule has 2 heterocycles. The number of oxime groups is 1. The summed E-state index contributed by atoms with van der Waals surface area (Å²) in [5.74, 6) is 1.73. The Morgan fingerprint density at radius 1 is 1.42 bits per heavy atom.